The van der Waals surface area contributed by atoms with Gasteiger partial charge in [0.1, 0.15) is 5.82 Å². The van der Waals surface area contributed by atoms with Crippen molar-refractivity contribution < 1.29 is 9.18 Å². The number of hydrogen-bond acceptors (Lipinski definition) is 2. The SMILES string of the molecule is CC(C)NCCC(=O)c1ccc(Cl)cc1F. The van der Waals surface area contributed by atoms with Gasteiger partial charge in [0.05, 0.1) is 5.56 Å². The number of Topliss-reactive ketones (excluding diaryl/α,β-unsaturated/α-hetero) is 1. The zero-order valence-electron chi connectivity index (χ0n) is 9.39. The van der Waals surface area contributed by atoms with E-state index in [1.54, 1.807) is 0 Å². The summed E-state index contributed by atoms with van der Waals surface area (Å²) in [5.74, 6) is -0.760. The molecule has 0 saturated carbocycles. The van der Waals surface area contributed by atoms with Crippen LogP contribution in [0.1, 0.15) is 30.6 Å². The number of benzene rings is 1. The van der Waals surface area contributed by atoms with Gasteiger partial charge in [-0.2, -0.15) is 0 Å². The van der Waals surface area contributed by atoms with Gasteiger partial charge in [0.25, 0.3) is 0 Å². The molecule has 0 heterocycles. The minimum atomic E-state index is -0.554. The number of nitrogens with one attached hydrogen (secondary N) is 1. The average Bonchev–Trinajstić information content (AvgIpc) is 2.16. The number of ketones is 1. The highest BCUT2D eigenvalue weighted by Gasteiger charge is 2.11. The predicted molar refractivity (Wildman–Crippen MR) is 63.5 cm³/mol. The number of hydrogen-bond donors (Lipinski definition) is 1. The summed E-state index contributed by atoms with van der Waals surface area (Å²) >= 11 is 5.60. The second-order valence-electron chi connectivity index (χ2n) is 3.91. The summed E-state index contributed by atoms with van der Waals surface area (Å²) in [7, 11) is 0. The van der Waals surface area contributed by atoms with Gasteiger partial charge in [-0.25, -0.2) is 4.39 Å². The van der Waals surface area contributed by atoms with E-state index in [2.05, 4.69) is 5.32 Å². The van der Waals surface area contributed by atoms with Crippen molar-refractivity contribution in [3.05, 3.63) is 34.6 Å². The van der Waals surface area contributed by atoms with E-state index in [1.165, 1.54) is 12.1 Å². The normalized spacial score (nSPS) is 10.8. The van der Waals surface area contributed by atoms with Crippen LogP contribution in [0.5, 0.6) is 0 Å². The van der Waals surface area contributed by atoms with Crippen LogP contribution >= 0.6 is 11.6 Å². The van der Waals surface area contributed by atoms with Crippen LogP contribution in [0, 0.1) is 5.82 Å². The summed E-state index contributed by atoms with van der Waals surface area (Å²) < 4.78 is 13.4. The molecule has 4 heteroatoms. The Morgan fingerprint density at radius 2 is 2.19 bits per heavy atom. The lowest BCUT2D eigenvalue weighted by Gasteiger charge is -2.07. The standard InChI is InChI=1S/C12H15ClFNO/c1-8(2)15-6-5-12(16)10-4-3-9(13)7-11(10)14/h3-4,7-8,15H,5-6H2,1-2H3. The van der Waals surface area contributed by atoms with Crippen molar-refractivity contribution in [1.82, 2.24) is 5.32 Å². The van der Waals surface area contributed by atoms with Gasteiger partial charge in [0, 0.05) is 24.0 Å². The summed E-state index contributed by atoms with van der Waals surface area (Å²) in [6.07, 6.45) is 0.288. The third-order valence-electron chi connectivity index (χ3n) is 2.14. The van der Waals surface area contributed by atoms with Crippen LogP contribution in [0.3, 0.4) is 0 Å². The molecule has 0 unspecified atom stereocenters. The minimum Gasteiger partial charge on any atom is -0.314 e. The number of halogens is 2. The third-order valence-corrected chi connectivity index (χ3v) is 2.37. The molecule has 1 aromatic rings. The first-order chi connectivity index (χ1) is 7.50. The van der Waals surface area contributed by atoms with E-state index in [0.29, 0.717) is 17.6 Å². The molecule has 88 valence electrons. The Bertz CT molecular complexity index is 379. The molecule has 1 N–H and O–H groups in total. The Morgan fingerprint density at radius 3 is 2.75 bits per heavy atom. The zero-order valence-corrected chi connectivity index (χ0v) is 10.1. The Hall–Kier alpha value is -0.930. The number of carbonyl (C=O) groups excluding carboxylic acids is 1. The van der Waals surface area contributed by atoms with Gasteiger partial charge in [-0.15, -0.1) is 0 Å². The minimum absolute atomic E-state index is 0.106. The summed E-state index contributed by atoms with van der Waals surface area (Å²) in [4.78, 5) is 11.6. The first kappa shape index (κ1) is 13.1. The molecule has 0 bridgehead atoms. The van der Waals surface area contributed by atoms with Crippen LogP contribution in [0.4, 0.5) is 4.39 Å². The number of carbonyl (C=O) groups is 1. The van der Waals surface area contributed by atoms with E-state index in [4.69, 9.17) is 11.6 Å². The van der Waals surface area contributed by atoms with Crippen LogP contribution < -0.4 is 5.32 Å². The fourth-order valence-electron chi connectivity index (χ4n) is 1.32. The quantitative estimate of drug-likeness (QED) is 0.806. The Kier molecular flexibility index (Phi) is 4.90. The maximum Gasteiger partial charge on any atom is 0.167 e. The molecule has 0 aliphatic rings. The molecule has 1 aromatic carbocycles. The number of rotatable bonds is 5. The highest BCUT2D eigenvalue weighted by molar-refractivity contribution is 6.30. The van der Waals surface area contributed by atoms with Crippen LogP contribution in [0.25, 0.3) is 0 Å². The van der Waals surface area contributed by atoms with Gasteiger partial charge in [-0.3, -0.25) is 4.79 Å². The Morgan fingerprint density at radius 1 is 1.50 bits per heavy atom. The molecule has 0 spiro atoms. The van der Waals surface area contributed by atoms with Crippen molar-refractivity contribution >= 4 is 17.4 Å². The highest BCUT2D eigenvalue weighted by atomic mass is 35.5. The molecule has 0 aromatic heterocycles. The molecular weight excluding hydrogens is 229 g/mol. The topological polar surface area (TPSA) is 29.1 Å². The fourth-order valence-corrected chi connectivity index (χ4v) is 1.48. The van der Waals surface area contributed by atoms with E-state index >= 15 is 0 Å². The first-order valence-electron chi connectivity index (χ1n) is 5.22. The second-order valence-corrected chi connectivity index (χ2v) is 4.34. The smallest absolute Gasteiger partial charge is 0.167 e. The monoisotopic (exact) mass is 243 g/mol. The summed E-state index contributed by atoms with van der Waals surface area (Å²) in [5.41, 5.74) is 0.106. The Labute approximate surface area is 99.8 Å². The maximum absolute atomic E-state index is 13.4. The molecule has 16 heavy (non-hydrogen) atoms. The lowest BCUT2D eigenvalue weighted by Crippen LogP contribution is -2.25. The first-order valence-corrected chi connectivity index (χ1v) is 5.60. The molecule has 0 saturated heterocycles. The molecule has 1 rings (SSSR count). The molecule has 0 aliphatic carbocycles. The molecule has 0 fully saturated rings. The van der Waals surface area contributed by atoms with Crippen molar-refractivity contribution in [2.45, 2.75) is 26.3 Å². The molecular formula is C12H15ClFNO. The highest BCUT2D eigenvalue weighted by Crippen LogP contribution is 2.15. The maximum atomic E-state index is 13.4. The Balaban J connectivity index is 2.59. The molecule has 2 nitrogen and oxygen atoms in total. The third kappa shape index (κ3) is 3.91. The fraction of sp³-hybridized carbons (Fsp3) is 0.417. The van der Waals surface area contributed by atoms with Gasteiger partial charge in [0.15, 0.2) is 5.78 Å². The van der Waals surface area contributed by atoms with Crippen molar-refractivity contribution in [2.24, 2.45) is 0 Å². The largest absolute Gasteiger partial charge is 0.314 e. The van der Waals surface area contributed by atoms with Crippen LogP contribution in [-0.4, -0.2) is 18.4 Å². The van der Waals surface area contributed by atoms with Gasteiger partial charge in [-0.1, -0.05) is 25.4 Å². The lowest BCUT2D eigenvalue weighted by molar-refractivity contribution is 0.0978. The summed E-state index contributed by atoms with van der Waals surface area (Å²) in [6.45, 7) is 4.54. The molecule has 0 aliphatic heterocycles. The second kappa shape index (κ2) is 5.97. The van der Waals surface area contributed by atoms with Crippen molar-refractivity contribution in [2.75, 3.05) is 6.54 Å². The van der Waals surface area contributed by atoms with Crippen LogP contribution in [0.15, 0.2) is 18.2 Å². The van der Waals surface area contributed by atoms with E-state index in [1.807, 2.05) is 13.8 Å². The van der Waals surface area contributed by atoms with E-state index in [-0.39, 0.29) is 17.8 Å². The summed E-state index contributed by atoms with van der Waals surface area (Å²) in [6, 6.07) is 4.43. The van der Waals surface area contributed by atoms with Crippen molar-refractivity contribution in [3.8, 4) is 0 Å². The van der Waals surface area contributed by atoms with E-state index in [0.717, 1.165) is 6.07 Å². The molecule has 0 amide bonds. The van der Waals surface area contributed by atoms with Crippen molar-refractivity contribution in [1.29, 1.82) is 0 Å². The molecule has 0 atom stereocenters. The zero-order chi connectivity index (χ0) is 12.1. The van der Waals surface area contributed by atoms with E-state index in [9.17, 15) is 9.18 Å². The lowest BCUT2D eigenvalue weighted by atomic mass is 10.1. The van der Waals surface area contributed by atoms with Gasteiger partial charge in [-0.05, 0) is 18.2 Å². The van der Waals surface area contributed by atoms with E-state index < -0.39 is 5.82 Å². The van der Waals surface area contributed by atoms with Crippen molar-refractivity contribution in [3.63, 3.8) is 0 Å². The van der Waals surface area contributed by atoms with Crippen LogP contribution in [-0.2, 0) is 0 Å². The van der Waals surface area contributed by atoms with Gasteiger partial charge < -0.3 is 5.32 Å². The molecule has 0 radical (unpaired) electrons. The predicted octanol–water partition coefficient (Wildman–Crippen LogP) is 3.05. The summed E-state index contributed by atoms with van der Waals surface area (Å²) in [5, 5.41) is 3.41. The van der Waals surface area contributed by atoms with Crippen LogP contribution in [0.2, 0.25) is 5.02 Å². The average molecular weight is 244 g/mol. The van der Waals surface area contributed by atoms with Gasteiger partial charge in [0.2, 0.25) is 0 Å². The van der Waals surface area contributed by atoms with Gasteiger partial charge >= 0.3 is 0 Å².